The Morgan fingerprint density at radius 2 is 1.57 bits per heavy atom. The first-order valence-electron chi connectivity index (χ1n) is 9.00. The van der Waals surface area contributed by atoms with Crippen molar-refractivity contribution in [2.45, 2.75) is 12.8 Å². The summed E-state index contributed by atoms with van der Waals surface area (Å²) in [6.45, 7) is 2.04. The van der Waals surface area contributed by atoms with E-state index in [0.29, 0.717) is 5.13 Å². The summed E-state index contributed by atoms with van der Waals surface area (Å²) >= 11 is 1.45. The molecule has 0 saturated heterocycles. The largest absolute Gasteiger partial charge is 0.301 e. The van der Waals surface area contributed by atoms with Gasteiger partial charge in [0.15, 0.2) is 5.13 Å². The van der Waals surface area contributed by atoms with Crippen LogP contribution in [0.4, 0.5) is 5.13 Å². The molecule has 0 spiro atoms. The van der Waals surface area contributed by atoms with Gasteiger partial charge in [-0.1, -0.05) is 72.0 Å². The molecule has 0 aliphatic carbocycles. The number of thiazole rings is 1. The number of hydrogen-bond acceptors (Lipinski definition) is 4. The number of amides is 1. The molecule has 4 nitrogen and oxygen atoms in total. The molecule has 4 aromatic rings. The molecular formula is C23H19N3OS. The quantitative estimate of drug-likeness (QED) is 0.508. The normalized spacial score (nSPS) is 10.8. The fraction of sp³-hybridized carbons (Fsp3) is 0.0870. The summed E-state index contributed by atoms with van der Waals surface area (Å²) in [6, 6.07) is 21.6. The van der Waals surface area contributed by atoms with Crippen molar-refractivity contribution < 1.29 is 4.79 Å². The maximum absolute atomic E-state index is 13.2. The van der Waals surface area contributed by atoms with Crippen LogP contribution < -0.4 is 5.32 Å². The van der Waals surface area contributed by atoms with Crippen LogP contribution in [0.15, 0.2) is 85.3 Å². The van der Waals surface area contributed by atoms with Gasteiger partial charge in [-0.3, -0.25) is 9.78 Å². The van der Waals surface area contributed by atoms with Crippen molar-refractivity contribution in [2.24, 2.45) is 0 Å². The van der Waals surface area contributed by atoms with Gasteiger partial charge in [0.2, 0.25) is 5.91 Å². The molecule has 0 radical (unpaired) electrons. The van der Waals surface area contributed by atoms with Crippen LogP contribution in [0.3, 0.4) is 0 Å². The maximum Gasteiger partial charge on any atom is 0.238 e. The zero-order valence-electron chi connectivity index (χ0n) is 15.4. The molecule has 0 unspecified atom stereocenters. The van der Waals surface area contributed by atoms with Gasteiger partial charge in [0.25, 0.3) is 0 Å². The van der Waals surface area contributed by atoms with Crippen LogP contribution in [0.1, 0.15) is 22.6 Å². The predicted molar refractivity (Wildman–Crippen MR) is 113 cm³/mol. The van der Waals surface area contributed by atoms with E-state index in [9.17, 15) is 4.79 Å². The topological polar surface area (TPSA) is 54.9 Å². The highest BCUT2D eigenvalue weighted by atomic mass is 32.1. The monoisotopic (exact) mass is 385 g/mol. The molecule has 1 amide bonds. The number of carbonyl (C=O) groups excluding carboxylic acids is 1. The minimum atomic E-state index is -0.394. The third kappa shape index (κ3) is 3.85. The van der Waals surface area contributed by atoms with E-state index in [1.807, 2.05) is 79.9 Å². The van der Waals surface area contributed by atoms with E-state index < -0.39 is 5.92 Å². The van der Waals surface area contributed by atoms with Gasteiger partial charge in [-0.25, -0.2) is 4.98 Å². The second-order valence-corrected chi connectivity index (χ2v) is 7.49. The van der Waals surface area contributed by atoms with Crippen molar-refractivity contribution in [3.05, 3.63) is 102 Å². The SMILES string of the molecule is Cc1ccncc1-c1cnc(NC(=O)C(c2ccccc2)c2ccccc2)s1. The lowest BCUT2D eigenvalue weighted by Gasteiger charge is -2.17. The number of carbonyl (C=O) groups is 1. The molecule has 0 saturated carbocycles. The number of nitrogens with one attached hydrogen (secondary N) is 1. The average Bonchev–Trinajstić information content (AvgIpc) is 3.18. The fourth-order valence-corrected chi connectivity index (χ4v) is 4.04. The summed E-state index contributed by atoms with van der Waals surface area (Å²) in [6.07, 6.45) is 5.38. The number of benzene rings is 2. The van der Waals surface area contributed by atoms with E-state index in [2.05, 4.69) is 15.3 Å². The summed E-state index contributed by atoms with van der Waals surface area (Å²) in [4.78, 5) is 22.7. The van der Waals surface area contributed by atoms with Crippen LogP contribution >= 0.6 is 11.3 Å². The second kappa shape index (κ2) is 8.15. The van der Waals surface area contributed by atoms with Crippen molar-refractivity contribution in [1.82, 2.24) is 9.97 Å². The standard InChI is InChI=1S/C23H19N3OS/c1-16-12-13-24-14-19(16)20-15-25-23(28-20)26-22(27)21(17-8-4-2-5-9-17)18-10-6-3-7-11-18/h2-15,21H,1H3,(H,25,26,27). The molecule has 0 bridgehead atoms. The van der Waals surface area contributed by atoms with E-state index in [-0.39, 0.29) is 5.91 Å². The van der Waals surface area contributed by atoms with Gasteiger partial charge in [0, 0.05) is 24.2 Å². The lowest BCUT2D eigenvalue weighted by molar-refractivity contribution is -0.116. The number of aromatic nitrogens is 2. The minimum absolute atomic E-state index is 0.0961. The summed E-state index contributed by atoms with van der Waals surface area (Å²) in [5.74, 6) is -0.490. The van der Waals surface area contributed by atoms with Crippen LogP contribution in [-0.4, -0.2) is 15.9 Å². The molecule has 4 rings (SSSR count). The molecule has 0 atom stereocenters. The predicted octanol–water partition coefficient (Wildman–Crippen LogP) is 5.28. The Morgan fingerprint density at radius 3 is 2.18 bits per heavy atom. The van der Waals surface area contributed by atoms with Crippen molar-refractivity contribution in [2.75, 3.05) is 5.32 Å². The van der Waals surface area contributed by atoms with Gasteiger partial charge in [0.1, 0.15) is 0 Å². The van der Waals surface area contributed by atoms with E-state index >= 15 is 0 Å². The van der Waals surface area contributed by atoms with Gasteiger partial charge in [0.05, 0.1) is 10.8 Å². The van der Waals surface area contributed by atoms with Crippen molar-refractivity contribution in [3.63, 3.8) is 0 Å². The van der Waals surface area contributed by atoms with Gasteiger partial charge in [-0.15, -0.1) is 0 Å². The second-order valence-electron chi connectivity index (χ2n) is 6.46. The van der Waals surface area contributed by atoms with Crippen LogP contribution in [0.2, 0.25) is 0 Å². The van der Waals surface area contributed by atoms with E-state index in [1.54, 1.807) is 12.4 Å². The summed E-state index contributed by atoms with van der Waals surface area (Å²) in [5.41, 5.74) is 4.06. The van der Waals surface area contributed by atoms with E-state index in [0.717, 1.165) is 27.1 Å². The van der Waals surface area contributed by atoms with Crippen LogP contribution in [0.25, 0.3) is 10.4 Å². The number of rotatable bonds is 5. The van der Waals surface area contributed by atoms with Crippen molar-refractivity contribution in [3.8, 4) is 10.4 Å². The van der Waals surface area contributed by atoms with E-state index in [4.69, 9.17) is 0 Å². The molecule has 0 aliphatic heterocycles. The lowest BCUT2D eigenvalue weighted by Crippen LogP contribution is -2.22. The molecule has 0 aliphatic rings. The maximum atomic E-state index is 13.2. The smallest absolute Gasteiger partial charge is 0.238 e. The van der Waals surface area contributed by atoms with Crippen molar-refractivity contribution >= 4 is 22.4 Å². The molecule has 28 heavy (non-hydrogen) atoms. The molecule has 2 aromatic carbocycles. The van der Waals surface area contributed by atoms with Crippen LogP contribution in [-0.2, 0) is 4.79 Å². The van der Waals surface area contributed by atoms with Crippen LogP contribution in [0, 0.1) is 6.92 Å². The summed E-state index contributed by atoms with van der Waals surface area (Å²) < 4.78 is 0. The molecule has 138 valence electrons. The molecule has 1 N–H and O–H groups in total. The number of aryl methyl sites for hydroxylation is 1. The Labute approximate surface area is 167 Å². The fourth-order valence-electron chi connectivity index (χ4n) is 3.14. The Kier molecular flexibility index (Phi) is 5.26. The summed E-state index contributed by atoms with van der Waals surface area (Å²) in [5, 5.41) is 3.58. The lowest BCUT2D eigenvalue weighted by atomic mass is 9.90. The molecular weight excluding hydrogens is 366 g/mol. The number of hydrogen-bond donors (Lipinski definition) is 1. The molecule has 0 fully saturated rings. The van der Waals surface area contributed by atoms with Crippen molar-refractivity contribution in [1.29, 1.82) is 0 Å². The van der Waals surface area contributed by atoms with Gasteiger partial charge < -0.3 is 5.32 Å². The minimum Gasteiger partial charge on any atom is -0.301 e. The highest BCUT2D eigenvalue weighted by molar-refractivity contribution is 7.19. The highest BCUT2D eigenvalue weighted by Gasteiger charge is 2.23. The first kappa shape index (κ1) is 18.1. The Morgan fingerprint density at radius 1 is 0.929 bits per heavy atom. The number of anilines is 1. The summed E-state index contributed by atoms with van der Waals surface area (Å²) in [7, 11) is 0. The third-order valence-electron chi connectivity index (χ3n) is 4.57. The zero-order chi connectivity index (χ0) is 19.3. The Bertz CT molecular complexity index is 1040. The first-order chi connectivity index (χ1) is 13.7. The number of pyridine rings is 1. The number of nitrogens with zero attached hydrogens (tertiary/aromatic N) is 2. The van der Waals surface area contributed by atoms with Gasteiger partial charge in [-0.05, 0) is 29.7 Å². The molecule has 2 heterocycles. The van der Waals surface area contributed by atoms with Crippen LogP contribution in [0.5, 0.6) is 0 Å². The third-order valence-corrected chi connectivity index (χ3v) is 5.51. The zero-order valence-corrected chi connectivity index (χ0v) is 16.2. The Balaban J connectivity index is 1.62. The molecule has 2 aromatic heterocycles. The molecule has 5 heteroatoms. The van der Waals surface area contributed by atoms with Gasteiger partial charge in [-0.2, -0.15) is 0 Å². The van der Waals surface area contributed by atoms with Gasteiger partial charge >= 0.3 is 0 Å². The highest BCUT2D eigenvalue weighted by Crippen LogP contribution is 2.32. The Hall–Kier alpha value is -3.31. The average molecular weight is 385 g/mol. The van der Waals surface area contributed by atoms with E-state index in [1.165, 1.54) is 11.3 Å². The first-order valence-corrected chi connectivity index (χ1v) is 9.81.